The topological polar surface area (TPSA) is 210 Å². The predicted octanol–water partition coefficient (Wildman–Crippen LogP) is -1.08. The van der Waals surface area contributed by atoms with E-state index in [0.717, 1.165) is 0 Å². The third-order valence-corrected chi connectivity index (χ3v) is 8.94. The van der Waals surface area contributed by atoms with E-state index in [4.69, 9.17) is 5.73 Å². The van der Waals surface area contributed by atoms with Gasteiger partial charge in [-0.2, -0.15) is 0 Å². The lowest BCUT2D eigenvalue weighted by Gasteiger charge is -2.44. The third-order valence-electron chi connectivity index (χ3n) is 8.94. The summed E-state index contributed by atoms with van der Waals surface area (Å²) in [5.74, 6) is -3.68. The van der Waals surface area contributed by atoms with E-state index >= 15 is 0 Å². The Kier molecular flexibility index (Phi) is 13.3. The first kappa shape index (κ1) is 37.1. The van der Waals surface area contributed by atoms with Crippen molar-refractivity contribution in [3.8, 4) is 0 Å². The predicted molar refractivity (Wildman–Crippen MR) is 168 cm³/mol. The summed E-state index contributed by atoms with van der Waals surface area (Å²) in [5.41, 5.74) is 15.1. The first-order valence-electron chi connectivity index (χ1n) is 16.4. The molecule has 3 aliphatic heterocycles. The average molecular weight is 652 g/mol. The molecule has 0 unspecified atom stereocenters. The molecule has 16 nitrogen and oxygen atoms in total. The molecule has 5 amide bonds. The number of carbonyl (C=O) groups excluding carboxylic acids is 5. The van der Waals surface area contributed by atoms with Gasteiger partial charge in [0.15, 0.2) is 0 Å². The van der Waals surface area contributed by atoms with E-state index in [1.807, 2.05) is 27.7 Å². The highest BCUT2D eigenvalue weighted by molar-refractivity contribution is 5.96. The second-order valence-corrected chi connectivity index (χ2v) is 13.2. The summed E-state index contributed by atoms with van der Waals surface area (Å²) >= 11 is 0. The fourth-order valence-electron chi connectivity index (χ4n) is 5.97. The van der Waals surface area contributed by atoms with E-state index in [0.29, 0.717) is 58.2 Å². The van der Waals surface area contributed by atoms with Crippen LogP contribution in [0.3, 0.4) is 0 Å². The molecule has 3 saturated heterocycles. The standard InChI is InChI=1S/C30H53N9O7/c1-17(2)16-20(30(45)46)35-25(40)21-10-7-13-32-37(21)26(41)19(5)36(6)27(42)22-11-8-14-33-38(22)28(43)23-12-9-15-34-39(23)29(44)24(31)18(3)4/h17-24,32-34H,7-16,31H2,1-6H3,(H,35,40)(H,45,46)/t19-,20-,21+,22+,23-,24+/m0/s1. The summed E-state index contributed by atoms with van der Waals surface area (Å²) in [6.07, 6.45) is 3.16. The Morgan fingerprint density at radius 3 is 1.83 bits per heavy atom. The van der Waals surface area contributed by atoms with Gasteiger partial charge in [-0.25, -0.2) is 21.1 Å². The van der Waals surface area contributed by atoms with Crippen molar-refractivity contribution in [3.63, 3.8) is 0 Å². The van der Waals surface area contributed by atoms with Crippen molar-refractivity contribution in [2.75, 3.05) is 26.7 Å². The van der Waals surface area contributed by atoms with Gasteiger partial charge < -0.3 is 21.1 Å². The number of rotatable bonds is 11. The van der Waals surface area contributed by atoms with Crippen LogP contribution in [0, 0.1) is 11.8 Å². The average Bonchev–Trinajstić information content (AvgIpc) is 3.05. The number of hydrazine groups is 3. The number of hydrogen-bond donors (Lipinski definition) is 6. The quantitative estimate of drug-likeness (QED) is 0.158. The Balaban J connectivity index is 1.75. The van der Waals surface area contributed by atoms with Crippen molar-refractivity contribution in [2.45, 2.75) is 116 Å². The second kappa shape index (κ2) is 16.5. The number of carbonyl (C=O) groups is 6. The van der Waals surface area contributed by atoms with Gasteiger partial charge >= 0.3 is 5.97 Å². The molecule has 16 heteroatoms. The van der Waals surface area contributed by atoms with Crippen LogP contribution < -0.4 is 27.3 Å². The lowest BCUT2D eigenvalue weighted by molar-refractivity contribution is -0.163. The Morgan fingerprint density at radius 1 is 0.804 bits per heavy atom. The van der Waals surface area contributed by atoms with Gasteiger partial charge in [0.1, 0.15) is 30.2 Å². The van der Waals surface area contributed by atoms with E-state index in [1.165, 1.54) is 27.0 Å². The summed E-state index contributed by atoms with van der Waals surface area (Å²) in [6, 6.07) is -5.67. The smallest absolute Gasteiger partial charge is 0.326 e. The first-order valence-corrected chi connectivity index (χ1v) is 16.4. The molecule has 0 aliphatic carbocycles. The van der Waals surface area contributed by atoms with Crippen LogP contribution in [0.25, 0.3) is 0 Å². The van der Waals surface area contributed by atoms with Gasteiger partial charge in [0.25, 0.3) is 17.7 Å². The Hall–Kier alpha value is -3.34. The Bertz CT molecular complexity index is 1140. The van der Waals surface area contributed by atoms with E-state index in [1.54, 1.807) is 6.92 Å². The summed E-state index contributed by atoms with van der Waals surface area (Å²) < 4.78 is 0. The minimum Gasteiger partial charge on any atom is -0.480 e. The summed E-state index contributed by atoms with van der Waals surface area (Å²) in [5, 5.41) is 16.0. The van der Waals surface area contributed by atoms with Crippen molar-refractivity contribution >= 4 is 35.5 Å². The molecule has 0 aromatic heterocycles. The van der Waals surface area contributed by atoms with Gasteiger partial charge in [-0.05, 0) is 63.7 Å². The Labute approximate surface area is 271 Å². The summed E-state index contributed by atoms with van der Waals surface area (Å²) in [7, 11) is 1.48. The molecule has 7 N–H and O–H groups in total. The zero-order valence-electron chi connectivity index (χ0n) is 28.0. The maximum absolute atomic E-state index is 13.9. The molecule has 0 saturated carbocycles. The monoisotopic (exact) mass is 651 g/mol. The van der Waals surface area contributed by atoms with Crippen molar-refractivity contribution in [3.05, 3.63) is 0 Å². The van der Waals surface area contributed by atoms with Gasteiger partial charge in [-0.3, -0.25) is 39.0 Å². The molecular formula is C30H53N9O7. The van der Waals surface area contributed by atoms with Crippen LogP contribution in [-0.2, 0) is 28.8 Å². The zero-order chi connectivity index (χ0) is 34.3. The fraction of sp³-hybridized carbons (Fsp3) is 0.800. The molecule has 6 atom stereocenters. The molecule has 260 valence electrons. The summed E-state index contributed by atoms with van der Waals surface area (Å²) in [6.45, 7) is 10.3. The molecule has 0 bridgehead atoms. The molecule has 3 aliphatic rings. The number of carboxylic acids is 1. The molecule has 0 radical (unpaired) electrons. The van der Waals surface area contributed by atoms with Crippen molar-refractivity contribution < 1.29 is 33.9 Å². The number of nitrogens with one attached hydrogen (secondary N) is 4. The Morgan fingerprint density at radius 2 is 1.30 bits per heavy atom. The maximum atomic E-state index is 13.9. The lowest BCUT2D eigenvalue weighted by Crippen LogP contribution is -2.68. The third kappa shape index (κ3) is 8.72. The largest absolute Gasteiger partial charge is 0.480 e. The van der Waals surface area contributed by atoms with Crippen LogP contribution >= 0.6 is 0 Å². The van der Waals surface area contributed by atoms with Crippen LogP contribution in [0.2, 0.25) is 0 Å². The van der Waals surface area contributed by atoms with Crippen LogP contribution in [0.1, 0.15) is 79.6 Å². The normalized spacial score (nSPS) is 24.3. The summed E-state index contributed by atoms with van der Waals surface area (Å²) in [4.78, 5) is 81.0. The fourth-order valence-corrected chi connectivity index (χ4v) is 5.97. The molecule has 3 fully saturated rings. The molecular weight excluding hydrogens is 598 g/mol. The van der Waals surface area contributed by atoms with E-state index in [-0.39, 0.29) is 18.3 Å². The number of aliphatic carboxylic acids is 1. The van der Waals surface area contributed by atoms with Gasteiger partial charge in [0, 0.05) is 26.7 Å². The van der Waals surface area contributed by atoms with Crippen LogP contribution in [0.15, 0.2) is 0 Å². The molecule has 0 aromatic carbocycles. The molecule has 3 heterocycles. The van der Waals surface area contributed by atoms with Crippen molar-refractivity contribution in [2.24, 2.45) is 17.6 Å². The minimum absolute atomic E-state index is 0.0274. The van der Waals surface area contributed by atoms with E-state index in [2.05, 4.69) is 21.6 Å². The molecule has 46 heavy (non-hydrogen) atoms. The first-order chi connectivity index (χ1) is 21.7. The van der Waals surface area contributed by atoms with Gasteiger partial charge in [-0.15, -0.1) is 0 Å². The highest BCUT2D eigenvalue weighted by atomic mass is 16.4. The molecule has 0 aromatic rings. The maximum Gasteiger partial charge on any atom is 0.326 e. The highest BCUT2D eigenvalue weighted by Crippen LogP contribution is 2.22. The van der Waals surface area contributed by atoms with Gasteiger partial charge in [0.05, 0.1) is 6.04 Å². The number of likely N-dealkylation sites (N-methyl/N-ethyl adjacent to an activating group) is 1. The molecule has 3 rings (SSSR count). The molecule has 0 spiro atoms. The van der Waals surface area contributed by atoms with Crippen LogP contribution in [0.4, 0.5) is 0 Å². The highest BCUT2D eigenvalue weighted by Gasteiger charge is 2.44. The van der Waals surface area contributed by atoms with E-state index < -0.39 is 71.8 Å². The number of nitrogens with zero attached hydrogens (tertiary/aromatic N) is 4. The van der Waals surface area contributed by atoms with E-state index in [9.17, 15) is 33.9 Å². The number of nitrogens with two attached hydrogens (primary N) is 1. The van der Waals surface area contributed by atoms with Gasteiger partial charge in [0.2, 0.25) is 11.8 Å². The number of carboxylic acid groups (broad SMARTS) is 1. The zero-order valence-corrected chi connectivity index (χ0v) is 28.0. The minimum atomic E-state index is -1.15. The van der Waals surface area contributed by atoms with Gasteiger partial charge in [-0.1, -0.05) is 27.7 Å². The lowest BCUT2D eigenvalue weighted by atomic mass is 10.00. The number of hydrogen-bond acceptors (Lipinski definition) is 10. The van der Waals surface area contributed by atoms with Crippen LogP contribution in [-0.4, -0.2) is 123 Å². The number of amides is 5. The van der Waals surface area contributed by atoms with Crippen molar-refractivity contribution in [1.82, 2.24) is 41.5 Å². The van der Waals surface area contributed by atoms with Crippen molar-refractivity contribution in [1.29, 1.82) is 0 Å². The van der Waals surface area contributed by atoms with Crippen LogP contribution in [0.5, 0.6) is 0 Å². The SMILES string of the molecule is CC(C)C[C@H](NC(=O)[C@H]1CCCNN1C(=O)[C@H](C)N(C)C(=O)[C@H]1CCCNN1C(=O)[C@@H]1CCCNN1C(=O)[C@H](N)C(C)C)C(=O)O. The second-order valence-electron chi connectivity index (χ2n) is 13.2.